The highest BCUT2D eigenvalue weighted by atomic mass is 35.5. The molecule has 0 N–H and O–H groups in total. The Kier molecular flexibility index (Phi) is 2.62. The Hall–Kier alpha value is -0.710. The van der Waals surface area contributed by atoms with Crippen LogP contribution in [0.4, 0.5) is 13.2 Å². The number of halogens is 4. The van der Waals surface area contributed by atoms with Gasteiger partial charge < -0.3 is 4.42 Å². The van der Waals surface area contributed by atoms with Crippen molar-refractivity contribution in [3.05, 3.63) is 17.8 Å². The molecule has 0 atom stereocenters. The van der Waals surface area contributed by atoms with Crippen LogP contribution in [0.1, 0.15) is 11.7 Å². The SMILES string of the molecule is FC(F)(F)Cc1ncc(CCl)o1. The molecule has 12 heavy (non-hydrogen) atoms. The van der Waals surface area contributed by atoms with Crippen molar-refractivity contribution in [2.24, 2.45) is 0 Å². The Morgan fingerprint density at radius 3 is 2.58 bits per heavy atom. The Morgan fingerprint density at radius 1 is 1.50 bits per heavy atom. The summed E-state index contributed by atoms with van der Waals surface area (Å²) in [4.78, 5) is 3.40. The first-order chi connectivity index (χ1) is 5.51. The minimum atomic E-state index is -4.28. The van der Waals surface area contributed by atoms with Crippen molar-refractivity contribution in [3.8, 4) is 0 Å². The van der Waals surface area contributed by atoms with Crippen molar-refractivity contribution >= 4 is 11.6 Å². The summed E-state index contributed by atoms with van der Waals surface area (Å²) in [5, 5.41) is 0. The third-order valence-corrected chi connectivity index (χ3v) is 1.35. The lowest BCUT2D eigenvalue weighted by Gasteiger charge is -2.00. The molecule has 0 aliphatic carbocycles. The summed E-state index contributed by atoms with van der Waals surface area (Å²) in [5.41, 5.74) is 0. The number of rotatable bonds is 2. The molecule has 0 aliphatic heterocycles. The van der Waals surface area contributed by atoms with Gasteiger partial charge in [-0.2, -0.15) is 13.2 Å². The number of hydrogen-bond donors (Lipinski definition) is 0. The highest BCUT2D eigenvalue weighted by molar-refractivity contribution is 6.16. The zero-order chi connectivity index (χ0) is 9.19. The van der Waals surface area contributed by atoms with E-state index in [-0.39, 0.29) is 17.5 Å². The van der Waals surface area contributed by atoms with Crippen molar-refractivity contribution in [2.45, 2.75) is 18.5 Å². The topological polar surface area (TPSA) is 26.0 Å². The maximum absolute atomic E-state index is 11.7. The maximum atomic E-state index is 11.7. The largest absolute Gasteiger partial charge is 0.444 e. The van der Waals surface area contributed by atoms with E-state index in [0.717, 1.165) is 0 Å². The Morgan fingerprint density at radius 2 is 2.17 bits per heavy atom. The van der Waals surface area contributed by atoms with Crippen molar-refractivity contribution in [3.63, 3.8) is 0 Å². The minimum absolute atomic E-state index is 0.0326. The quantitative estimate of drug-likeness (QED) is 0.684. The molecule has 0 aliphatic rings. The van der Waals surface area contributed by atoms with Gasteiger partial charge in [0.2, 0.25) is 5.89 Å². The Balaban J connectivity index is 2.64. The van der Waals surface area contributed by atoms with Crippen LogP contribution < -0.4 is 0 Å². The molecule has 0 aromatic carbocycles. The van der Waals surface area contributed by atoms with E-state index < -0.39 is 12.6 Å². The summed E-state index contributed by atoms with van der Waals surface area (Å²) in [7, 11) is 0. The number of alkyl halides is 4. The summed E-state index contributed by atoms with van der Waals surface area (Å²) < 4.78 is 39.8. The molecule has 0 spiro atoms. The van der Waals surface area contributed by atoms with Crippen LogP contribution in [-0.2, 0) is 12.3 Å². The molecule has 0 amide bonds. The third-order valence-electron chi connectivity index (χ3n) is 1.08. The summed E-state index contributed by atoms with van der Waals surface area (Å²) in [6.45, 7) is 0. The van der Waals surface area contributed by atoms with Gasteiger partial charge in [-0.3, -0.25) is 0 Å². The monoisotopic (exact) mass is 199 g/mol. The molecule has 1 heterocycles. The molecule has 0 radical (unpaired) electrons. The normalized spacial score (nSPS) is 12.0. The van der Waals surface area contributed by atoms with Gasteiger partial charge >= 0.3 is 6.18 Å². The zero-order valence-electron chi connectivity index (χ0n) is 5.86. The number of aromatic nitrogens is 1. The lowest BCUT2D eigenvalue weighted by Crippen LogP contribution is -2.11. The van der Waals surface area contributed by atoms with Crippen LogP contribution in [0.15, 0.2) is 10.6 Å². The third kappa shape index (κ3) is 2.73. The second kappa shape index (κ2) is 3.35. The summed E-state index contributed by atoms with van der Waals surface area (Å²) in [6.07, 6.45) is -4.24. The Bertz CT molecular complexity index is 258. The van der Waals surface area contributed by atoms with E-state index >= 15 is 0 Å². The highest BCUT2D eigenvalue weighted by Gasteiger charge is 2.30. The van der Waals surface area contributed by atoms with E-state index in [9.17, 15) is 13.2 Å². The Labute approximate surface area is 71.3 Å². The fourth-order valence-electron chi connectivity index (χ4n) is 0.663. The van der Waals surface area contributed by atoms with Gasteiger partial charge in [0.25, 0.3) is 0 Å². The first kappa shape index (κ1) is 9.38. The number of hydrogen-bond acceptors (Lipinski definition) is 2. The van der Waals surface area contributed by atoms with E-state index in [4.69, 9.17) is 11.6 Å². The van der Waals surface area contributed by atoms with E-state index in [1.807, 2.05) is 0 Å². The van der Waals surface area contributed by atoms with E-state index in [1.54, 1.807) is 0 Å². The van der Waals surface area contributed by atoms with Crippen LogP contribution in [0.2, 0.25) is 0 Å². The second-order valence-electron chi connectivity index (χ2n) is 2.15. The molecular formula is C6H5ClF3NO. The van der Waals surface area contributed by atoms with Crippen LogP contribution in [0.5, 0.6) is 0 Å². The molecule has 0 unspecified atom stereocenters. The molecule has 0 fully saturated rings. The fourth-order valence-corrected chi connectivity index (χ4v) is 0.787. The molecular weight excluding hydrogens is 195 g/mol. The van der Waals surface area contributed by atoms with Crippen LogP contribution in [-0.4, -0.2) is 11.2 Å². The molecule has 1 rings (SSSR count). The van der Waals surface area contributed by atoms with Gasteiger partial charge in [0.1, 0.15) is 12.2 Å². The first-order valence-corrected chi connectivity index (χ1v) is 3.61. The molecule has 0 saturated heterocycles. The van der Waals surface area contributed by atoms with Crippen molar-refractivity contribution in [2.75, 3.05) is 0 Å². The van der Waals surface area contributed by atoms with Gasteiger partial charge in [0.15, 0.2) is 0 Å². The first-order valence-electron chi connectivity index (χ1n) is 3.07. The number of oxazole rings is 1. The van der Waals surface area contributed by atoms with E-state index in [1.165, 1.54) is 6.20 Å². The van der Waals surface area contributed by atoms with Crippen LogP contribution in [0, 0.1) is 0 Å². The lowest BCUT2D eigenvalue weighted by molar-refractivity contribution is -0.130. The maximum Gasteiger partial charge on any atom is 0.397 e. The van der Waals surface area contributed by atoms with Gasteiger partial charge in [0, 0.05) is 0 Å². The smallest absolute Gasteiger partial charge is 0.397 e. The van der Waals surface area contributed by atoms with Gasteiger partial charge in [-0.1, -0.05) is 0 Å². The molecule has 1 aromatic heterocycles. The summed E-state index contributed by atoms with van der Waals surface area (Å²) >= 11 is 5.30. The average molecular weight is 200 g/mol. The second-order valence-corrected chi connectivity index (χ2v) is 2.41. The lowest BCUT2D eigenvalue weighted by atomic mass is 10.4. The molecule has 68 valence electrons. The standard InChI is InChI=1S/C6H5ClF3NO/c7-2-4-3-11-5(12-4)1-6(8,9)10/h3H,1-2H2. The molecule has 1 aromatic rings. The van der Waals surface area contributed by atoms with Crippen molar-refractivity contribution in [1.82, 2.24) is 4.98 Å². The predicted octanol–water partition coefficient (Wildman–Crippen LogP) is 2.52. The number of nitrogens with zero attached hydrogens (tertiary/aromatic N) is 1. The van der Waals surface area contributed by atoms with Gasteiger partial charge in [-0.25, -0.2) is 4.98 Å². The van der Waals surface area contributed by atoms with Crippen molar-refractivity contribution in [1.29, 1.82) is 0 Å². The van der Waals surface area contributed by atoms with Gasteiger partial charge in [-0.15, -0.1) is 11.6 Å². The molecule has 0 bridgehead atoms. The van der Waals surface area contributed by atoms with Crippen LogP contribution in [0.25, 0.3) is 0 Å². The summed E-state index contributed by atoms with van der Waals surface area (Å²) in [6, 6.07) is 0. The highest BCUT2D eigenvalue weighted by Crippen LogP contribution is 2.21. The minimum Gasteiger partial charge on any atom is -0.444 e. The predicted molar refractivity (Wildman–Crippen MR) is 35.8 cm³/mol. The van der Waals surface area contributed by atoms with Crippen LogP contribution >= 0.6 is 11.6 Å². The van der Waals surface area contributed by atoms with Crippen LogP contribution in [0.3, 0.4) is 0 Å². The van der Waals surface area contributed by atoms with E-state index in [2.05, 4.69) is 9.40 Å². The van der Waals surface area contributed by atoms with Crippen molar-refractivity contribution < 1.29 is 17.6 Å². The molecule has 2 nitrogen and oxygen atoms in total. The average Bonchev–Trinajstić information content (AvgIpc) is 2.32. The fraction of sp³-hybridized carbons (Fsp3) is 0.500. The van der Waals surface area contributed by atoms with Gasteiger partial charge in [-0.05, 0) is 0 Å². The zero-order valence-corrected chi connectivity index (χ0v) is 6.61. The van der Waals surface area contributed by atoms with Gasteiger partial charge in [0.05, 0.1) is 12.1 Å². The summed E-state index contributed by atoms with van der Waals surface area (Å²) in [5.74, 6) is -0.0701. The van der Waals surface area contributed by atoms with E-state index in [0.29, 0.717) is 0 Å². The molecule has 6 heteroatoms. The molecule has 0 saturated carbocycles.